The molecule has 1 atom stereocenters. The van der Waals surface area contributed by atoms with Gasteiger partial charge in [0.2, 0.25) is 5.91 Å². The van der Waals surface area contributed by atoms with Gasteiger partial charge in [-0.25, -0.2) is 4.90 Å². The predicted molar refractivity (Wildman–Crippen MR) is 108 cm³/mol. The maximum Gasteiger partial charge on any atom is 0.264 e. The Bertz CT molecular complexity index is 852. The van der Waals surface area contributed by atoms with E-state index in [-0.39, 0.29) is 24.8 Å². The first-order valence-electron chi connectivity index (χ1n) is 8.48. The van der Waals surface area contributed by atoms with Gasteiger partial charge < -0.3 is 14.4 Å². The van der Waals surface area contributed by atoms with Crippen molar-refractivity contribution in [3.63, 3.8) is 0 Å². The number of benzene rings is 1. The maximum absolute atomic E-state index is 13.1. The van der Waals surface area contributed by atoms with Gasteiger partial charge in [0.15, 0.2) is 6.29 Å². The van der Waals surface area contributed by atoms with Crippen molar-refractivity contribution in [1.29, 1.82) is 0 Å². The zero-order valence-electron chi connectivity index (χ0n) is 15.3. The molecule has 1 aromatic heterocycles. The van der Waals surface area contributed by atoms with Crippen LogP contribution >= 0.6 is 27.3 Å². The fourth-order valence-corrected chi connectivity index (χ4v) is 3.96. The van der Waals surface area contributed by atoms with Crippen LogP contribution in [0.4, 0.5) is 5.69 Å². The molecule has 0 bridgehead atoms. The monoisotopic (exact) mass is 466 g/mol. The topological polar surface area (TPSA) is 76.2 Å². The van der Waals surface area contributed by atoms with Crippen LogP contribution < -0.4 is 4.90 Å². The number of anilines is 1. The molecule has 2 aromatic rings. The first kappa shape index (κ1) is 20.7. The molecule has 0 saturated carbocycles. The average Bonchev–Trinajstić information content (AvgIpc) is 3.32. The number of nitrogens with zero attached hydrogens (tertiary/aromatic N) is 2. The van der Waals surface area contributed by atoms with Gasteiger partial charge in [0.05, 0.1) is 23.5 Å². The van der Waals surface area contributed by atoms with Crippen molar-refractivity contribution in [3.05, 3.63) is 51.1 Å². The van der Waals surface area contributed by atoms with Crippen molar-refractivity contribution in [1.82, 2.24) is 4.90 Å². The molecule has 1 fully saturated rings. The molecule has 1 aliphatic heterocycles. The number of thiophene rings is 1. The molecule has 2 heterocycles. The smallest absolute Gasteiger partial charge is 0.264 e. The lowest BCUT2D eigenvalue weighted by Crippen LogP contribution is -2.49. The summed E-state index contributed by atoms with van der Waals surface area (Å²) in [7, 11) is 2.91. The Morgan fingerprint density at radius 2 is 1.93 bits per heavy atom. The molecule has 0 spiro atoms. The summed E-state index contributed by atoms with van der Waals surface area (Å²) in [5, 5.41) is 1.78. The Labute approximate surface area is 175 Å². The fourth-order valence-electron chi connectivity index (χ4n) is 3.02. The SMILES string of the molecule is COC(CN(C(=O)c1cccs1)C1CC(=O)N(c2ccc(Br)cc2)C1=O)OC. The number of hydrogen-bond acceptors (Lipinski definition) is 6. The molecule has 1 aromatic carbocycles. The van der Waals surface area contributed by atoms with Gasteiger partial charge in [-0.3, -0.25) is 14.4 Å². The number of rotatable bonds is 7. The van der Waals surface area contributed by atoms with Gasteiger partial charge in [-0.15, -0.1) is 11.3 Å². The number of halogens is 1. The van der Waals surface area contributed by atoms with Gasteiger partial charge in [0, 0.05) is 18.7 Å². The number of methoxy groups -OCH3 is 2. The first-order valence-corrected chi connectivity index (χ1v) is 10.2. The van der Waals surface area contributed by atoms with Gasteiger partial charge in [0.25, 0.3) is 11.8 Å². The van der Waals surface area contributed by atoms with Gasteiger partial charge in [-0.1, -0.05) is 22.0 Å². The summed E-state index contributed by atoms with van der Waals surface area (Å²) in [6.07, 6.45) is -0.805. The third-order valence-corrected chi connectivity index (χ3v) is 5.83. The second kappa shape index (κ2) is 8.95. The molecule has 7 nitrogen and oxygen atoms in total. The van der Waals surface area contributed by atoms with E-state index in [1.807, 2.05) is 0 Å². The lowest BCUT2D eigenvalue weighted by Gasteiger charge is -2.29. The van der Waals surface area contributed by atoms with Crippen LogP contribution in [0.5, 0.6) is 0 Å². The van der Waals surface area contributed by atoms with Crippen molar-refractivity contribution < 1.29 is 23.9 Å². The molecule has 0 N–H and O–H groups in total. The van der Waals surface area contributed by atoms with E-state index < -0.39 is 18.2 Å². The Balaban J connectivity index is 1.91. The van der Waals surface area contributed by atoms with Crippen LogP contribution in [0, 0.1) is 0 Å². The fraction of sp³-hybridized carbons (Fsp3) is 0.316. The number of amides is 3. The number of carbonyl (C=O) groups excluding carboxylic acids is 3. The van der Waals surface area contributed by atoms with Gasteiger partial charge >= 0.3 is 0 Å². The lowest BCUT2D eigenvalue weighted by molar-refractivity contribution is -0.128. The van der Waals surface area contributed by atoms with E-state index in [9.17, 15) is 14.4 Å². The zero-order valence-corrected chi connectivity index (χ0v) is 17.7. The highest BCUT2D eigenvalue weighted by Crippen LogP contribution is 2.28. The summed E-state index contributed by atoms with van der Waals surface area (Å²) in [5.41, 5.74) is 0.472. The normalized spacial score (nSPS) is 16.9. The van der Waals surface area contributed by atoms with Gasteiger partial charge in [0.1, 0.15) is 6.04 Å². The van der Waals surface area contributed by atoms with Crippen LogP contribution in [0.2, 0.25) is 0 Å². The maximum atomic E-state index is 13.1. The Hall–Kier alpha value is -2.07. The minimum atomic E-state index is -0.918. The largest absolute Gasteiger partial charge is 0.354 e. The van der Waals surface area contributed by atoms with E-state index in [0.29, 0.717) is 10.6 Å². The second-order valence-electron chi connectivity index (χ2n) is 6.10. The van der Waals surface area contributed by atoms with Crippen LogP contribution in [0.15, 0.2) is 46.3 Å². The number of ether oxygens (including phenoxy) is 2. The number of hydrogen-bond donors (Lipinski definition) is 0. The predicted octanol–water partition coefficient (Wildman–Crippen LogP) is 2.90. The summed E-state index contributed by atoms with van der Waals surface area (Å²) >= 11 is 4.61. The van der Waals surface area contributed by atoms with Crippen LogP contribution in [-0.4, -0.2) is 55.7 Å². The van der Waals surface area contributed by atoms with Crippen molar-refractivity contribution in [3.8, 4) is 0 Å². The van der Waals surface area contributed by atoms with Crippen LogP contribution in [-0.2, 0) is 19.1 Å². The van der Waals surface area contributed by atoms with Crippen molar-refractivity contribution >= 4 is 50.7 Å². The number of imide groups is 1. The summed E-state index contributed by atoms with van der Waals surface area (Å²) in [6.45, 7) is 0.0294. The average molecular weight is 467 g/mol. The molecular weight excluding hydrogens is 448 g/mol. The first-order chi connectivity index (χ1) is 13.5. The number of carbonyl (C=O) groups is 3. The summed E-state index contributed by atoms with van der Waals surface area (Å²) in [5.74, 6) is -1.13. The van der Waals surface area contributed by atoms with E-state index in [4.69, 9.17) is 9.47 Å². The molecule has 1 unspecified atom stereocenters. The van der Waals surface area contributed by atoms with Crippen LogP contribution in [0.1, 0.15) is 16.1 Å². The molecule has 0 aliphatic carbocycles. The molecule has 3 amide bonds. The van der Waals surface area contributed by atoms with E-state index in [1.54, 1.807) is 41.8 Å². The van der Waals surface area contributed by atoms with Crippen molar-refractivity contribution in [2.45, 2.75) is 18.8 Å². The molecule has 148 valence electrons. The van der Waals surface area contributed by atoms with Crippen molar-refractivity contribution in [2.75, 3.05) is 25.7 Å². The third-order valence-electron chi connectivity index (χ3n) is 4.45. The molecule has 28 heavy (non-hydrogen) atoms. The second-order valence-corrected chi connectivity index (χ2v) is 7.96. The standard InChI is InChI=1S/C19H19BrN2O5S/c1-26-17(27-2)11-21(19(25)15-4-3-9-28-15)14-10-16(23)22(18(14)24)13-7-5-12(20)6-8-13/h3-9,14,17H,10-11H2,1-2H3. The van der Waals surface area contributed by atoms with E-state index >= 15 is 0 Å². The third kappa shape index (κ3) is 4.17. The minimum Gasteiger partial charge on any atom is -0.354 e. The zero-order chi connectivity index (χ0) is 20.3. The minimum absolute atomic E-state index is 0.0294. The van der Waals surface area contributed by atoms with Crippen LogP contribution in [0.3, 0.4) is 0 Å². The molecule has 1 saturated heterocycles. The molecule has 9 heteroatoms. The molecular formula is C19H19BrN2O5S. The van der Waals surface area contributed by atoms with Crippen LogP contribution in [0.25, 0.3) is 0 Å². The quantitative estimate of drug-likeness (QED) is 0.463. The van der Waals surface area contributed by atoms with Gasteiger partial charge in [-0.2, -0.15) is 0 Å². The molecule has 0 radical (unpaired) electrons. The Kier molecular flexibility index (Phi) is 6.61. The highest BCUT2D eigenvalue weighted by molar-refractivity contribution is 9.10. The highest BCUT2D eigenvalue weighted by atomic mass is 79.9. The molecule has 1 aliphatic rings. The summed E-state index contributed by atoms with van der Waals surface area (Å²) < 4.78 is 11.3. The lowest BCUT2D eigenvalue weighted by atomic mass is 10.2. The van der Waals surface area contributed by atoms with E-state index in [1.165, 1.54) is 30.5 Å². The van der Waals surface area contributed by atoms with Crippen molar-refractivity contribution in [2.24, 2.45) is 0 Å². The van der Waals surface area contributed by atoms with E-state index in [2.05, 4.69) is 15.9 Å². The summed E-state index contributed by atoms with van der Waals surface area (Å²) in [6, 6.07) is 9.39. The molecule has 3 rings (SSSR count). The highest BCUT2D eigenvalue weighted by Gasteiger charge is 2.45. The Morgan fingerprint density at radius 3 is 2.50 bits per heavy atom. The summed E-state index contributed by atoms with van der Waals surface area (Å²) in [4.78, 5) is 41.7. The van der Waals surface area contributed by atoms with E-state index in [0.717, 1.165) is 9.37 Å². The van der Waals surface area contributed by atoms with Gasteiger partial charge in [-0.05, 0) is 35.7 Å². The Morgan fingerprint density at radius 1 is 1.25 bits per heavy atom.